The van der Waals surface area contributed by atoms with Crippen LogP contribution in [0.25, 0.3) is 16.9 Å². The van der Waals surface area contributed by atoms with E-state index in [0.717, 1.165) is 23.0 Å². The Bertz CT molecular complexity index is 1410. The molecule has 34 heavy (non-hydrogen) atoms. The normalized spacial score (nSPS) is 11.5. The minimum atomic E-state index is -4.69. The van der Waals surface area contributed by atoms with E-state index in [1.54, 1.807) is 0 Å². The Balaban J connectivity index is 1.86. The Morgan fingerprint density at radius 3 is 2.56 bits per heavy atom. The van der Waals surface area contributed by atoms with Gasteiger partial charge in [-0.2, -0.15) is 23.3 Å². The average molecular weight is 493 g/mol. The fourth-order valence-corrected chi connectivity index (χ4v) is 3.32. The smallest absolute Gasteiger partial charge is 0.435 e. The van der Waals surface area contributed by atoms with E-state index < -0.39 is 23.7 Å². The van der Waals surface area contributed by atoms with Crippen LogP contribution in [0.2, 0.25) is 5.02 Å². The number of carboxylic acid groups (broad SMARTS) is 1. The number of rotatable bonds is 5. The summed E-state index contributed by atoms with van der Waals surface area (Å²) in [6.45, 7) is 1.51. The number of nitrogens with zero attached hydrogens (tertiary/aromatic N) is 5. The Morgan fingerprint density at radius 2 is 1.91 bits per heavy atom. The number of anilines is 2. The van der Waals surface area contributed by atoms with Gasteiger partial charge in [-0.05, 0) is 48.4 Å². The summed E-state index contributed by atoms with van der Waals surface area (Å²) in [4.78, 5) is 23.8. The molecule has 8 nitrogen and oxygen atoms in total. The Morgan fingerprint density at radius 1 is 1.15 bits per heavy atom. The number of aromatic carboxylic acids is 1. The quantitative estimate of drug-likeness (QED) is 0.365. The lowest BCUT2D eigenvalue weighted by atomic mass is 10.0. The largest absolute Gasteiger partial charge is 0.477 e. The van der Waals surface area contributed by atoms with E-state index >= 15 is 0 Å². The number of halogens is 5. The van der Waals surface area contributed by atoms with Gasteiger partial charge in [0.05, 0.1) is 5.02 Å². The molecule has 0 aliphatic heterocycles. The highest BCUT2D eigenvalue weighted by Gasteiger charge is 2.34. The van der Waals surface area contributed by atoms with E-state index in [2.05, 4.69) is 25.4 Å². The third-order valence-electron chi connectivity index (χ3n) is 4.74. The zero-order valence-corrected chi connectivity index (χ0v) is 17.9. The summed E-state index contributed by atoms with van der Waals surface area (Å²) in [7, 11) is 0. The molecule has 4 rings (SSSR count). The molecular formula is C21H13ClF4N6O2. The molecule has 0 radical (unpaired) electrons. The topological polar surface area (TPSA) is 106 Å². The van der Waals surface area contributed by atoms with Gasteiger partial charge in [-0.25, -0.2) is 23.8 Å². The summed E-state index contributed by atoms with van der Waals surface area (Å²) in [6.07, 6.45) is -1.06. The van der Waals surface area contributed by atoms with E-state index in [1.165, 1.54) is 37.5 Å². The fraction of sp³-hybridized carbons (Fsp3) is 0.0952. The van der Waals surface area contributed by atoms with E-state index in [9.17, 15) is 27.5 Å². The molecule has 0 spiro atoms. The van der Waals surface area contributed by atoms with Crippen LogP contribution in [0.5, 0.6) is 0 Å². The Kier molecular flexibility index (Phi) is 5.92. The first-order chi connectivity index (χ1) is 16.0. The van der Waals surface area contributed by atoms with Crippen LogP contribution in [0.3, 0.4) is 0 Å². The van der Waals surface area contributed by atoms with Crippen molar-refractivity contribution in [3.8, 4) is 16.9 Å². The van der Waals surface area contributed by atoms with Crippen LogP contribution in [0.15, 0.2) is 48.9 Å². The maximum Gasteiger partial charge on any atom is 0.435 e. The molecule has 3 aromatic heterocycles. The van der Waals surface area contributed by atoms with Crippen molar-refractivity contribution in [2.75, 3.05) is 5.32 Å². The van der Waals surface area contributed by atoms with Crippen LogP contribution in [0, 0.1) is 12.7 Å². The third-order valence-corrected chi connectivity index (χ3v) is 5.03. The van der Waals surface area contributed by atoms with Gasteiger partial charge in [0.1, 0.15) is 5.82 Å². The molecule has 1 aromatic carbocycles. The lowest BCUT2D eigenvalue weighted by molar-refractivity contribution is -0.141. The molecule has 0 bridgehead atoms. The molecule has 0 saturated heterocycles. The molecule has 0 fully saturated rings. The molecule has 3 heterocycles. The van der Waals surface area contributed by atoms with Crippen molar-refractivity contribution in [3.05, 3.63) is 76.7 Å². The Labute approximate surface area is 193 Å². The van der Waals surface area contributed by atoms with Crippen LogP contribution in [-0.4, -0.2) is 35.8 Å². The highest BCUT2D eigenvalue weighted by molar-refractivity contribution is 6.31. The third kappa shape index (κ3) is 4.53. The van der Waals surface area contributed by atoms with Crippen LogP contribution in [0.1, 0.15) is 21.7 Å². The molecule has 0 amide bonds. The molecule has 174 valence electrons. The van der Waals surface area contributed by atoms with Crippen molar-refractivity contribution in [3.63, 3.8) is 0 Å². The number of hydrogen-bond acceptors (Lipinski definition) is 6. The zero-order valence-electron chi connectivity index (χ0n) is 17.1. The Hall–Kier alpha value is -4.06. The number of alkyl halides is 3. The number of carboxylic acids is 1. The predicted octanol–water partition coefficient (Wildman–Crippen LogP) is 5.29. The van der Waals surface area contributed by atoms with E-state index in [0.29, 0.717) is 11.3 Å². The van der Waals surface area contributed by atoms with Gasteiger partial charge in [0, 0.05) is 29.8 Å². The minimum Gasteiger partial charge on any atom is -0.477 e. The highest BCUT2D eigenvalue weighted by Crippen LogP contribution is 2.32. The minimum absolute atomic E-state index is 0.0457. The predicted molar refractivity (Wildman–Crippen MR) is 114 cm³/mol. The molecule has 2 N–H and O–H groups in total. The number of aromatic nitrogens is 5. The molecular weight excluding hydrogens is 480 g/mol. The fourth-order valence-electron chi connectivity index (χ4n) is 3.14. The van der Waals surface area contributed by atoms with Gasteiger partial charge in [0.15, 0.2) is 17.2 Å². The maximum atomic E-state index is 13.4. The first-order valence-corrected chi connectivity index (χ1v) is 9.84. The summed E-state index contributed by atoms with van der Waals surface area (Å²) in [5.74, 6) is -2.02. The first kappa shape index (κ1) is 23.1. The highest BCUT2D eigenvalue weighted by atomic mass is 35.5. The summed E-state index contributed by atoms with van der Waals surface area (Å²) in [5, 5.41) is 15.6. The number of carbonyl (C=O) groups is 1. The molecule has 0 aliphatic carbocycles. The summed E-state index contributed by atoms with van der Waals surface area (Å²) in [6, 6.07) is 6.05. The van der Waals surface area contributed by atoms with Crippen LogP contribution < -0.4 is 5.32 Å². The molecule has 13 heteroatoms. The second kappa shape index (κ2) is 8.71. The van der Waals surface area contributed by atoms with Crippen molar-refractivity contribution in [2.24, 2.45) is 0 Å². The monoisotopic (exact) mass is 492 g/mol. The average Bonchev–Trinajstić information content (AvgIpc) is 3.27. The zero-order chi connectivity index (χ0) is 24.6. The number of pyridine rings is 1. The molecule has 4 aromatic rings. The van der Waals surface area contributed by atoms with E-state index in [1.807, 2.05) is 0 Å². The number of hydrogen-bond donors (Lipinski definition) is 2. The lowest BCUT2D eigenvalue weighted by Crippen LogP contribution is -2.11. The van der Waals surface area contributed by atoms with Gasteiger partial charge in [0.2, 0.25) is 5.95 Å². The van der Waals surface area contributed by atoms with E-state index in [4.69, 9.17) is 11.6 Å². The SMILES string of the molecule is Cc1c(-c2cnc(Nc3ccc(F)c(Cl)c3)nc2-n2ccc(C(F)(F)F)n2)ccnc1C(=O)O. The summed E-state index contributed by atoms with van der Waals surface area (Å²) < 4.78 is 53.8. The second-order valence-electron chi connectivity index (χ2n) is 6.97. The standard InChI is InChI=1S/C21H13ClF4N6O2/c1-10-12(4-6-27-17(10)19(33)34)13-9-28-20(29-11-2-3-15(23)14(22)8-11)30-18(13)32-7-5-16(31-32)21(24,25)26/h2-9H,1H3,(H,33,34)(H,28,29,30). The first-order valence-electron chi connectivity index (χ1n) is 9.46. The number of benzene rings is 1. The van der Waals surface area contributed by atoms with E-state index in [-0.39, 0.29) is 33.6 Å². The summed E-state index contributed by atoms with van der Waals surface area (Å²) in [5.41, 5.74) is -0.244. The van der Waals surface area contributed by atoms with Gasteiger partial charge in [0.25, 0.3) is 0 Å². The van der Waals surface area contributed by atoms with Gasteiger partial charge in [-0.3, -0.25) is 0 Å². The van der Waals surface area contributed by atoms with Crippen molar-refractivity contribution < 1.29 is 27.5 Å². The van der Waals surface area contributed by atoms with Gasteiger partial charge in [-0.15, -0.1) is 0 Å². The molecule has 0 aliphatic rings. The molecule has 0 saturated carbocycles. The molecule has 0 atom stereocenters. The lowest BCUT2D eigenvalue weighted by Gasteiger charge is -2.14. The van der Waals surface area contributed by atoms with Crippen LogP contribution in [0.4, 0.5) is 29.2 Å². The van der Waals surface area contributed by atoms with Crippen LogP contribution >= 0.6 is 11.6 Å². The van der Waals surface area contributed by atoms with Crippen molar-refractivity contribution in [1.82, 2.24) is 24.7 Å². The van der Waals surface area contributed by atoms with Gasteiger partial charge in [-0.1, -0.05) is 11.6 Å². The van der Waals surface area contributed by atoms with Crippen molar-refractivity contribution in [2.45, 2.75) is 13.1 Å². The van der Waals surface area contributed by atoms with Gasteiger partial charge >= 0.3 is 12.1 Å². The van der Waals surface area contributed by atoms with Crippen molar-refractivity contribution in [1.29, 1.82) is 0 Å². The van der Waals surface area contributed by atoms with Gasteiger partial charge < -0.3 is 10.4 Å². The maximum absolute atomic E-state index is 13.4. The number of nitrogens with one attached hydrogen (secondary N) is 1. The van der Waals surface area contributed by atoms with Crippen LogP contribution in [-0.2, 0) is 6.18 Å². The van der Waals surface area contributed by atoms with Crippen molar-refractivity contribution >= 4 is 29.2 Å². The second-order valence-corrected chi connectivity index (χ2v) is 7.37. The summed E-state index contributed by atoms with van der Waals surface area (Å²) >= 11 is 5.79. The molecule has 0 unspecified atom stereocenters.